The van der Waals surface area contributed by atoms with Gasteiger partial charge in [0.25, 0.3) is 0 Å². The average molecular weight is 433 g/mol. The molecule has 30 heavy (non-hydrogen) atoms. The Kier molecular flexibility index (Phi) is 11.6. The lowest BCUT2D eigenvalue weighted by molar-refractivity contribution is -0.144. The Hall–Kier alpha value is -3.26. The van der Waals surface area contributed by atoms with Crippen LogP contribution in [-0.2, 0) is 28.8 Å². The van der Waals surface area contributed by atoms with E-state index in [4.69, 9.17) is 21.7 Å². The lowest BCUT2D eigenvalue weighted by Gasteiger charge is -2.25. The third-order valence-corrected chi connectivity index (χ3v) is 3.84. The smallest absolute Gasteiger partial charge is 0.326 e. The van der Waals surface area contributed by atoms with Gasteiger partial charge in [-0.1, -0.05) is 0 Å². The van der Waals surface area contributed by atoms with Crippen LogP contribution in [-0.4, -0.2) is 81.7 Å². The molecule has 14 nitrogen and oxygen atoms in total. The van der Waals surface area contributed by atoms with E-state index in [0.29, 0.717) is 0 Å². The number of amides is 4. The first-order valence-electron chi connectivity index (χ1n) is 8.90. The van der Waals surface area contributed by atoms with Crippen molar-refractivity contribution in [1.82, 2.24) is 16.0 Å². The van der Waals surface area contributed by atoms with Crippen LogP contribution in [0.15, 0.2) is 0 Å². The second kappa shape index (κ2) is 13.1. The van der Waals surface area contributed by atoms with Crippen molar-refractivity contribution in [2.24, 2.45) is 11.5 Å². The molecule has 0 aromatic carbocycles. The molecule has 0 fully saturated rings. The van der Waals surface area contributed by atoms with E-state index in [2.05, 4.69) is 10.6 Å². The largest absolute Gasteiger partial charge is 0.481 e. The molecule has 0 aromatic rings. The number of carbonyl (C=O) groups is 6. The fourth-order valence-corrected chi connectivity index (χ4v) is 2.25. The number of nitrogens with one attached hydrogen (secondary N) is 3. The molecule has 170 valence electrons. The van der Waals surface area contributed by atoms with Crippen LogP contribution in [0.25, 0.3) is 0 Å². The minimum atomic E-state index is -1.63. The van der Waals surface area contributed by atoms with Crippen molar-refractivity contribution in [1.29, 1.82) is 0 Å². The summed E-state index contributed by atoms with van der Waals surface area (Å²) in [6.07, 6.45) is -2.93. The van der Waals surface area contributed by atoms with Crippen LogP contribution in [0, 0.1) is 0 Å². The van der Waals surface area contributed by atoms with Gasteiger partial charge in [-0.05, 0) is 19.8 Å². The molecular formula is C16H27N5O9. The maximum absolute atomic E-state index is 12.5. The zero-order valence-corrected chi connectivity index (χ0v) is 16.3. The number of hydrogen-bond donors (Lipinski definition) is 8. The number of aliphatic hydroxyl groups excluding tert-OH is 1. The van der Waals surface area contributed by atoms with Crippen molar-refractivity contribution < 1.29 is 44.1 Å². The van der Waals surface area contributed by atoms with Crippen LogP contribution in [0.2, 0.25) is 0 Å². The number of nitrogens with two attached hydrogens (primary N) is 2. The SMILES string of the molecule is CC(O)C(NC(=O)C(CCC(N)=O)NC(=O)CN)C(=O)NC(CCC(=O)O)C(=O)O. The number of rotatable bonds is 14. The number of carboxylic acid groups (broad SMARTS) is 2. The highest BCUT2D eigenvalue weighted by atomic mass is 16.4. The van der Waals surface area contributed by atoms with Crippen molar-refractivity contribution in [3.8, 4) is 0 Å². The summed E-state index contributed by atoms with van der Waals surface area (Å²) >= 11 is 0. The highest BCUT2D eigenvalue weighted by Crippen LogP contribution is 2.04. The lowest BCUT2D eigenvalue weighted by Crippen LogP contribution is -2.59. The Labute approximate surface area is 171 Å². The first-order valence-corrected chi connectivity index (χ1v) is 8.90. The molecule has 0 heterocycles. The van der Waals surface area contributed by atoms with Gasteiger partial charge in [-0.2, -0.15) is 0 Å². The minimum absolute atomic E-state index is 0.211. The third kappa shape index (κ3) is 10.3. The quantitative estimate of drug-likeness (QED) is 0.132. The summed E-state index contributed by atoms with van der Waals surface area (Å²) in [7, 11) is 0. The van der Waals surface area contributed by atoms with E-state index >= 15 is 0 Å². The second-order valence-electron chi connectivity index (χ2n) is 6.39. The number of aliphatic hydroxyl groups is 1. The Balaban J connectivity index is 5.30. The van der Waals surface area contributed by atoms with E-state index < -0.39 is 79.2 Å². The minimum Gasteiger partial charge on any atom is -0.481 e. The lowest BCUT2D eigenvalue weighted by atomic mass is 10.1. The summed E-state index contributed by atoms with van der Waals surface area (Å²) in [5.74, 6) is -6.29. The maximum atomic E-state index is 12.5. The molecule has 0 aliphatic carbocycles. The van der Waals surface area contributed by atoms with Crippen LogP contribution >= 0.6 is 0 Å². The van der Waals surface area contributed by atoms with E-state index in [1.807, 2.05) is 5.32 Å². The van der Waals surface area contributed by atoms with Gasteiger partial charge in [-0.15, -0.1) is 0 Å². The van der Waals surface area contributed by atoms with Gasteiger partial charge in [-0.3, -0.25) is 24.0 Å². The van der Waals surface area contributed by atoms with Crippen molar-refractivity contribution in [3.05, 3.63) is 0 Å². The molecule has 0 spiro atoms. The Morgan fingerprint density at radius 2 is 1.43 bits per heavy atom. The Morgan fingerprint density at radius 1 is 0.867 bits per heavy atom. The molecular weight excluding hydrogens is 406 g/mol. The first kappa shape index (κ1) is 26.7. The number of carbonyl (C=O) groups excluding carboxylic acids is 4. The molecule has 4 amide bonds. The zero-order valence-electron chi connectivity index (χ0n) is 16.3. The topological polar surface area (TPSA) is 251 Å². The maximum Gasteiger partial charge on any atom is 0.326 e. The van der Waals surface area contributed by atoms with Crippen molar-refractivity contribution in [3.63, 3.8) is 0 Å². The van der Waals surface area contributed by atoms with Gasteiger partial charge in [-0.25, -0.2) is 4.79 Å². The van der Waals surface area contributed by atoms with Gasteiger partial charge in [0.1, 0.15) is 18.1 Å². The van der Waals surface area contributed by atoms with Crippen LogP contribution in [0.4, 0.5) is 0 Å². The summed E-state index contributed by atoms with van der Waals surface area (Å²) in [5, 5.41) is 34.0. The van der Waals surface area contributed by atoms with Gasteiger partial charge in [0.2, 0.25) is 23.6 Å². The normalized spacial score (nSPS) is 14.5. The van der Waals surface area contributed by atoms with Gasteiger partial charge in [0, 0.05) is 12.8 Å². The predicted molar refractivity (Wildman–Crippen MR) is 99.5 cm³/mol. The molecule has 4 unspecified atom stereocenters. The number of carboxylic acids is 2. The van der Waals surface area contributed by atoms with E-state index in [1.54, 1.807) is 0 Å². The van der Waals surface area contributed by atoms with Crippen molar-refractivity contribution in [2.45, 2.75) is 56.8 Å². The molecule has 0 rings (SSSR count). The fourth-order valence-electron chi connectivity index (χ4n) is 2.25. The molecule has 0 aliphatic heterocycles. The summed E-state index contributed by atoms with van der Waals surface area (Å²) in [5.41, 5.74) is 10.2. The van der Waals surface area contributed by atoms with E-state index in [9.17, 15) is 33.9 Å². The Bertz CT molecular complexity index is 667. The zero-order chi connectivity index (χ0) is 23.4. The van der Waals surface area contributed by atoms with Crippen LogP contribution < -0.4 is 27.4 Å². The molecule has 0 saturated heterocycles. The summed E-state index contributed by atoms with van der Waals surface area (Å²) in [4.78, 5) is 69.1. The standard InChI is InChI=1S/C16H27N5O9/c1-7(22)13(15(28)20-9(16(29)30)3-5-12(25)26)21-14(27)8(2-4-10(18)23)19-11(24)6-17/h7-9,13,22H,2-6,17H2,1H3,(H2,18,23)(H,19,24)(H,20,28)(H,21,27)(H,25,26)(H,29,30). The molecule has 0 aliphatic rings. The summed E-state index contributed by atoms with van der Waals surface area (Å²) in [6, 6.07) is -4.51. The monoisotopic (exact) mass is 433 g/mol. The number of primary amides is 1. The van der Waals surface area contributed by atoms with E-state index in [1.165, 1.54) is 0 Å². The van der Waals surface area contributed by atoms with Gasteiger partial charge in [0.05, 0.1) is 12.6 Å². The third-order valence-electron chi connectivity index (χ3n) is 3.84. The van der Waals surface area contributed by atoms with Crippen molar-refractivity contribution >= 4 is 35.6 Å². The van der Waals surface area contributed by atoms with E-state index in [-0.39, 0.29) is 12.8 Å². The Morgan fingerprint density at radius 3 is 1.87 bits per heavy atom. The number of aliphatic carboxylic acids is 2. The second-order valence-corrected chi connectivity index (χ2v) is 6.39. The van der Waals surface area contributed by atoms with Crippen molar-refractivity contribution in [2.75, 3.05) is 6.54 Å². The fraction of sp³-hybridized carbons (Fsp3) is 0.625. The first-order chi connectivity index (χ1) is 13.9. The van der Waals surface area contributed by atoms with Crippen LogP contribution in [0.1, 0.15) is 32.6 Å². The highest BCUT2D eigenvalue weighted by molar-refractivity contribution is 5.94. The molecule has 0 aromatic heterocycles. The summed E-state index contributed by atoms with van der Waals surface area (Å²) in [6.45, 7) is 0.693. The highest BCUT2D eigenvalue weighted by Gasteiger charge is 2.32. The molecule has 0 saturated carbocycles. The average Bonchev–Trinajstić information content (AvgIpc) is 2.64. The number of hydrogen-bond acceptors (Lipinski definition) is 8. The van der Waals surface area contributed by atoms with Crippen LogP contribution in [0.5, 0.6) is 0 Å². The molecule has 4 atom stereocenters. The van der Waals surface area contributed by atoms with E-state index in [0.717, 1.165) is 6.92 Å². The molecule has 0 bridgehead atoms. The van der Waals surface area contributed by atoms with Gasteiger partial charge < -0.3 is 42.7 Å². The molecule has 10 N–H and O–H groups in total. The van der Waals surface area contributed by atoms with Gasteiger partial charge in [0.15, 0.2) is 0 Å². The van der Waals surface area contributed by atoms with Gasteiger partial charge >= 0.3 is 11.9 Å². The van der Waals surface area contributed by atoms with Crippen LogP contribution in [0.3, 0.4) is 0 Å². The predicted octanol–water partition coefficient (Wildman–Crippen LogP) is -4.00. The molecule has 14 heteroatoms. The molecule has 0 radical (unpaired) electrons. The summed E-state index contributed by atoms with van der Waals surface area (Å²) < 4.78 is 0.